The summed E-state index contributed by atoms with van der Waals surface area (Å²) in [5.74, 6) is 2.28. The SMILES string of the molecule is CC[C@H]1C[C@H]2C[C@H]3c4[nH]c5ccc(O[C@H]6C[C@H](CO)[C@@H](O)[C@H](O)[C@H]6O)cc5c4CCN(C2)C13. The molecular weight excluding hydrogens is 420 g/mol. The van der Waals surface area contributed by atoms with E-state index in [0.29, 0.717) is 17.7 Å². The molecule has 0 radical (unpaired) electrons. The van der Waals surface area contributed by atoms with Gasteiger partial charge in [-0.15, -0.1) is 0 Å². The lowest BCUT2D eigenvalue weighted by molar-refractivity contribution is -0.156. The van der Waals surface area contributed by atoms with Crippen molar-refractivity contribution in [2.75, 3.05) is 19.7 Å². The molecule has 1 aromatic carbocycles. The smallest absolute Gasteiger partial charge is 0.128 e. The van der Waals surface area contributed by atoms with Gasteiger partial charge in [-0.05, 0) is 61.3 Å². The van der Waals surface area contributed by atoms with Crippen molar-refractivity contribution in [2.24, 2.45) is 17.8 Å². The van der Waals surface area contributed by atoms with Crippen LogP contribution in [-0.4, -0.2) is 80.5 Å². The third kappa shape index (κ3) is 3.43. The van der Waals surface area contributed by atoms with Crippen molar-refractivity contribution in [3.8, 4) is 5.75 Å². The van der Waals surface area contributed by atoms with Crippen molar-refractivity contribution in [2.45, 2.75) is 75.4 Å². The lowest BCUT2D eigenvalue weighted by Crippen LogP contribution is -2.56. The first-order valence-electron chi connectivity index (χ1n) is 12.7. The zero-order valence-electron chi connectivity index (χ0n) is 19.2. The van der Waals surface area contributed by atoms with Gasteiger partial charge in [-0.3, -0.25) is 4.90 Å². The van der Waals surface area contributed by atoms with Crippen molar-refractivity contribution < 1.29 is 25.2 Å². The Bertz CT molecular complexity index is 1020. The summed E-state index contributed by atoms with van der Waals surface area (Å²) in [6.45, 7) is 4.43. The molecule has 10 atom stereocenters. The Morgan fingerprint density at radius 1 is 1.06 bits per heavy atom. The summed E-state index contributed by atoms with van der Waals surface area (Å²) < 4.78 is 6.13. The Labute approximate surface area is 194 Å². The molecule has 2 unspecified atom stereocenters. The number of piperidine rings is 2. The van der Waals surface area contributed by atoms with Crippen LogP contribution in [0.1, 0.15) is 49.8 Å². The number of hydrogen-bond acceptors (Lipinski definition) is 6. The maximum absolute atomic E-state index is 10.5. The van der Waals surface area contributed by atoms with E-state index in [4.69, 9.17) is 4.74 Å². The predicted molar refractivity (Wildman–Crippen MR) is 124 cm³/mol. The minimum absolute atomic E-state index is 0.256. The van der Waals surface area contributed by atoms with E-state index in [2.05, 4.69) is 28.9 Å². The molecule has 2 saturated carbocycles. The molecule has 1 aromatic heterocycles. The van der Waals surface area contributed by atoms with E-state index in [-0.39, 0.29) is 13.0 Å². The monoisotopic (exact) mass is 456 g/mol. The van der Waals surface area contributed by atoms with Crippen LogP contribution in [0.2, 0.25) is 0 Å². The Morgan fingerprint density at radius 3 is 2.70 bits per heavy atom. The van der Waals surface area contributed by atoms with Crippen molar-refractivity contribution in [1.82, 2.24) is 9.88 Å². The number of aliphatic hydroxyl groups is 4. The highest BCUT2D eigenvalue weighted by Crippen LogP contribution is 2.51. The first-order valence-corrected chi connectivity index (χ1v) is 12.7. The van der Waals surface area contributed by atoms with E-state index in [1.165, 1.54) is 42.5 Å². The minimum Gasteiger partial charge on any atom is -0.488 e. The second-order valence-electron chi connectivity index (χ2n) is 10.9. The fourth-order valence-corrected chi connectivity index (χ4v) is 7.50. The molecule has 4 bridgehead atoms. The maximum Gasteiger partial charge on any atom is 0.128 e. The zero-order valence-corrected chi connectivity index (χ0v) is 19.2. The number of aliphatic hydroxyl groups excluding tert-OH is 4. The van der Waals surface area contributed by atoms with Gasteiger partial charge in [-0.1, -0.05) is 13.3 Å². The quantitative estimate of drug-likeness (QED) is 0.480. The molecule has 0 amide bonds. The summed E-state index contributed by atoms with van der Waals surface area (Å²) in [4.78, 5) is 6.52. The highest BCUT2D eigenvalue weighted by molar-refractivity contribution is 5.86. The lowest BCUT2D eigenvalue weighted by atomic mass is 9.65. The van der Waals surface area contributed by atoms with Crippen LogP contribution in [0.3, 0.4) is 0 Å². The van der Waals surface area contributed by atoms with Crippen molar-refractivity contribution in [3.05, 3.63) is 29.5 Å². The molecule has 7 heteroatoms. The summed E-state index contributed by atoms with van der Waals surface area (Å²) in [7, 11) is 0. The molecule has 0 spiro atoms. The van der Waals surface area contributed by atoms with Gasteiger partial charge in [0.25, 0.3) is 0 Å². The zero-order chi connectivity index (χ0) is 22.9. The molecule has 4 fully saturated rings. The molecule has 2 saturated heterocycles. The Kier molecular flexibility index (Phi) is 5.46. The second-order valence-corrected chi connectivity index (χ2v) is 10.9. The van der Waals surface area contributed by atoms with Crippen molar-refractivity contribution in [3.63, 3.8) is 0 Å². The molecule has 2 aromatic rings. The van der Waals surface area contributed by atoms with E-state index >= 15 is 0 Å². The van der Waals surface area contributed by atoms with Crippen LogP contribution >= 0.6 is 0 Å². The standard InChI is InChI=1S/C26H36N2O5/c1-2-14-7-13-8-19-22-17(5-6-28(11-13)23(14)19)18-10-16(3-4-20(18)27-22)33-21-9-15(12-29)24(30)26(32)25(21)31/h3-4,10,13-15,19,21,23-27,29-32H,2,5-9,11-12H2,1H3/t13-,14-,15+,19-,21-,23?,24+,25-,26-/m0/s1. The summed E-state index contributed by atoms with van der Waals surface area (Å²) in [5.41, 5.74) is 3.94. The first kappa shape index (κ1) is 21.9. The van der Waals surface area contributed by atoms with Gasteiger partial charge >= 0.3 is 0 Å². The molecule has 5 N–H and O–H groups in total. The fourth-order valence-electron chi connectivity index (χ4n) is 7.50. The number of hydrogen-bond donors (Lipinski definition) is 5. The molecule has 7 nitrogen and oxygen atoms in total. The number of H-pyrrole nitrogens is 1. The minimum atomic E-state index is -1.33. The van der Waals surface area contributed by atoms with Crippen LogP contribution < -0.4 is 4.74 Å². The highest BCUT2D eigenvalue weighted by Gasteiger charge is 2.49. The van der Waals surface area contributed by atoms with Crippen molar-refractivity contribution in [1.29, 1.82) is 0 Å². The number of nitrogens with one attached hydrogen (secondary N) is 1. The van der Waals surface area contributed by atoms with E-state index in [9.17, 15) is 20.4 Å². The number of fused-ring (bicyclic) bond motifs is 4. The van der Waals surface area contributed by atoms with Crippen LogP contribution in [0, 0.1) is 17.8 Å². The molecule has 3 aliphatic heterocycles. The number of ether oxygens (including phenoxy) is 1. The lowest BCUT2D eigenvalue weighted by Gasteiger charge is -2.53. The summed E-state index contributed by atoms with van der Waals surface area (Å²) in [5, 5.41) is 41.5. The molecule has 5 aliphatic rings. The molecule has 33 heavy (non-hydrogen) atoms. The third-order valence-electron chi connectivity index (χ3n) is 9.11. The van der Waals surface area contributed by atoms with Crippen LogP contribution in [-0.2, 0) is 6.42 Å². The average Bonchev–Trinajstić information content (AvgIpc) is 3.15. The van der Waals surface area contributed by atoms with Gasteiger partial charge in [0.1, 0.15) is 24.1 Å². The number of aromatic amines is 1. The predicted octanol–water partition coefficient (Wildman–Crippen LogP) is 1.77. The highest BCUT2D eigenvalue weighted by atomic mass is 16.5. The van der Waals surface area contributed by atoms with Crippen LogP contribution in [0.15, 0.2) is 18.2 Å². The van der Waals surface area contributed by atoms with E-state index in [0.717, 1.165) is 30.3 Å². The van der Waals surface area contributed by atoms with Crippen LogP contribution in [0.5, 0.6) is 5.75 Å². The first-order chi connectivity index (χ1) is 16.0. The molecule has 2 aliphatic carbocycles. The topological polar surface area (TPSA) is 109 Å². The maximum atomic E-state index is 10.5. The summed E-state index contributed by atoms with van der Waals surface area (Å²) in [6.07, 6.45) is 0.862. The van der Waals surface area contributed by atoms with Crippen molar-refractivity contribution >= 4 is 10.9 Å². The fraction of sp³-hybridized carbons (Fsp3) is 0.692. The van der Waals surface area contributed by atoms with Crippen LogP contribution in [0.4, 0.5) is 0 Å². The van der Waals surface area contributed by atoms with Gasteiger partial charge in [-0.25, -0.2) is 0 Å². The Balaban J connectivity index is 1.31. The van der Waals surface area contributed by atoms with Gasteiger partial charge < -0.3 is 30.1 Å². The number of rotatable bonds is 4. The number of nitrogens with zero attached hydrogens (tertiary/aromatic N) is 1. The van der Waals surface area contributed by atoms with E-state index in [1.807, 2.05) is 6.07 Å². The van der Waals surface area contributed by atoms with Gasteiger partial charge in [0, 0.05) is 54.2 Å². The van der Waals surface area contributed by atoms with Gasteiger partial charge in [-0.2, -0.15) is 0 Å². The normalized spacial score (nSPS) is 42.2. The molecule has 180 valence electrons. The average molecular weight is 457 g/mol. The van der Waals surface area contributed by atoms with Gasteiger partial charge in [0.15, 0.2) is 0 Å². The number of benzene rings is 1. The second kappa shape index (κ2) is 8.24. The summed E-state index contributed by atoms with van der Waals surface area (Å²) >= 11 is 0. The molecule has 4 heterocycles. The summed E-state index contributed by atoms with van der Waals surface area (Å²) in [6, 6.07) is 6.66. The third-order valence-corrected chi connectivity index (χ3v) is 9.11. The Hall–Kier alpha value is -1.64. The van der Waals surface area contributed by atoms with Gasteiger partial charge in [0.05, 0.1) is 6.10 Å². The van der Waals surface area contributed by atoms with E-state index < -0.39 is 30.3 Å². The van der Waals surface area contributed by atoms with Crippen LogP contribution in [0.25, 0.3) is 10.9 Å². The number of aromatic nitrogens is 1. The van der Waals surface area contributed by atoms with E-state index in [1.54, 1.807) is 0 Å². The van der Waals surface area contributed by atoms with Gasteiger partial charge in [0.2, 0.25) is 0 Å². The molecular formula is C26H36N2O5. The Morgan fingerprint density at radius 2 is 1.91 bits per heavy atom. The molecule has 7 rings (SSSR count). The largest absolute Gasteiger partial charge is 0.488 e.